The van der Waals surface area contributed by atoms with Crippen molar-refractivity contribution in [3.05, 3.63) is 30.1 Å². The van der Waals surface area contributed by atoms with Gasteiger partial charge in [0.1, 0.15) is 0 Å². The Labute approximate surface area is 121 Å². The van der Waals surface area contributed by atoms with Crippen LogP contribution in [0.2, 0.25) is 0 Å². The Balaban J connectivity index is 1.30. The number of nitrogens with zero attached hydrogens (tertiary/aromatic N) is 3. The summed E-state index contributed by atoms with van der Waals surface area (Å²) in [5, 5.41) is 4.32. The monoisotopic (exact) mass is 271 g/mol. The van der Waals surface area contributed by atoms with Crippen LogP contribution in [0, 0.1) is 17.8 Å². The van der Waals surface area contributed by atoms with Crippen molar-refractivity contribution >= 4 is 0 Å². The normalized spacial score (nSPS) is 34.1. The topological polar surface area (TPSA) is 21.1 Å². The van der Waals surface area contributed by atoms with Gasteiger partial charge in [-0.1, -0.05) is 12.2 Å². The second kappa shape index (κ2) is 5.03. The molecule has 4 rings (SSSR count). The molecule has 2 heterocycles. The van der Waals surface area contributed by atoms with Crippen molar-refractivity contribution in [1.29, 1.82) is 0 Å². The SMILES string of the molecule is Cn1cc(C2CCN(CC3CC4C=CC3C4)CC2)cn1. The van der Waals surface area contributed by atoms with Crippen molar-refractivity contribution < 1.29 is 0 Å². The molecule has 2 bridgehead atoms. The number of likely N-dealkylation sites (tertiary alicyclic amines) is 1. The van der Waals surface area contributed by atoms with Crippen LogP contribution in [0.1, 0.15) is 37.2 Å². The molecule has 0 aromatic carbocycles. The lowest BCUT2D eigenvalue weighted by molar-refractivity contribution is 0.172. The number of aromatic nitrogens is 2. The van der Waals surface area contributed by atoms with E-state index in [1.165, 1.54) is 50.9 Å². The highest BCUT2D eigenvalue weighted by Gasteiger charge is 2.36. The van der Waals surface area contributed by atoms with Crippen molar-refractivity contribution in [3.8, 4) is 0 Å². The van der Waals surface area contributed by atoms with Crippen LogP contribution in [0.4, 0.5) is 0 Å². The number of rotatable bonds is 3. The van der Waals surface area contributed by atoms with Crippen LogP contribution in [0.5, 0.6) is 0 Å². The number of hydrogen-bond acceptors (Lipinski definition) is 2. The summed E-state index contributed by atoms with van der Waals surface area (Å²) < 4.78 is 1.93. The third-order valence-electron chi connectivity index (χ3n) is 5.69. The Bertz CT molecular complexity index is 496. The van der Waals surface area contributed by atoms with Crippen molar-refractivity contribution in [2.45, 2.75) is 31.6 Å². The fourth-order valence-corrected chi connectivity index (χ4v) is 4.54. The molecule has 1 saturated carbocycles. The van der Waals surface area contributed by atoms with Crippen LogP contribution in [0.3, 0.4) is 0 Å². The summed E-state index contributed by atoms with van der Waals surface area (Å²) in [4.78, 5) is 2.71. The van der Waals surface area contributed by atoms with Crippen molar-refractivity contribution in [2.75, 3.05) is 19.6 Å². The molecule has 3 heteroatoms. The molecular formula is C17H25N3. The number of allylic oxidation sites excluding steroid dienone is 2. The summed E-state index contributed by atoms with van der Waals surface area (Å²) >= 11 is 0. The van der Waals surface area contributed by atoms with Crippen LogP contribution >= 0.6 is 0 Å². The molecule has 0 N–H and O–H groups in total. The first-order valence-corrected chi connectivity index (χ1v) is 8.17. The minimum absolute atomic E-state index is 0.736. The summed E-state index contributed by atoms with van der Waals surface area (Å²) in [6, 6.07) is 0. The second-order valence-corrected chi connectivity index (χ2v) is 7.06. The lowest BCUT2D eigenvalue weighted by Gasteiger charge is -2.34. The van der Waals surface area contributed by atoms with E-state index in [1.54, 1.807) is 0 Å². The maximum atomic E-state index is 4.32. The van der Waals surface area contributed by atoms with Crippen molar-refractivity contribution in [3.63, 3.8) is 0 Å². The zero-order valence-corrected chi connectivity index (χ0v) is 12.4. The fraction of sp³-hybridized carbons (Fsp3) is 0.706. The average molecular weight is 271 g/mol. The van der Waals surface area contributed by atoms with E-state index in [9.17, 15) is 0 Å². The average Bonchev–Trinajstić information content (AvgIpc) is 3.16. The van der Waals surface area contributed by atoms with E-state index < -0.39 is 0 Å². The quantitative estimate of drug-likeness (QED) is 0.788. The van der Waals surface area contributed by atoms with E-state index in [0.29, 0.717) is 0 Å². The minimum Gasteiger partial charge on any atom is -0.303 e. The number of piperidine rings is 1. The Morgan fingerprint density at radius 2 is 2.05 bits per heavy atom. The molecule has 0 radical (unpaired) electrons. The maximum absolute atomic E-state index is 4.32. The maximum Gasteiger partial charge on any atom is 0.0524 e. The van der Waals surface area contributed by atoms with Crippen LogP contribution in [-0.4, -0.2) is 34.3 Å². The Morgan fingerprint density at radius 1 is 1.20 bits per heavy atom. The smallest absolute Gasteiger partial charge is 0.0524 e. The summed E-state index contributed by atoms with van der Waals surface area (Å²) in [5.74, 6) is 3.49. The molecule has 1 aliphatic heterocycles. The first-order valence-electron chi connectivity index (χ1n) is 8.17. The zero-order chi connectivity index (χ0) is 13.5. The lowest BCUT2D eigenvalue weighted by Crippen LogP contribution is -2.37. The first-order chi connectivity index (χ1) is 9.78. The predicted octanol–water partition coefficient (Wildman–Crippen LogP) is 2.81. The molecule has 0 amide bonds. The summed E-state index contributed by atoms with van der Waals surface area (Å²) in [6.45, 7) is 3.89. The van der Waals surface area contributed by atoms with Gasteiger partial charge in [-0.3, -0.25) is 4.68 Å². The van der Waals surface area contributed by atoms with Gasteiger partial charge in [-0.2, -0.15) is 5.10 Å². The summed E-state index contributed by atoms with van der Waals surface area (Å²) in [6.07, 6.45) is 14.7. The number of hydrogen-bond donors (Lipinski definition) is 0. The molecular weight excluding hydrogens is 246 g/mol. The fourth-order valence-electron chi connectivity index (χ4n) is 4.54. The first kappa shape index (κ1) is 12.6. The molecule has 20 heavy (non-hydrogen) atoms. The van der Waals surface area contributed by atoms with Gasteiger partial charge in [0.25, 0.3) is 0 Å². The van der Waals surface area contributed by atoms with Gasteiger partial charge in [-0.05, 0) is 68.0 Å². The van der Waals surface area contributed by atoms with Crippen LogP contribution in [0.15, 0.2) is 24.5 Å². The zero-order valence-electron chi connectivity index (χ0n) is 12.4. The van der Waals surface area contributed by atoms with E-state index in [4.69, 9.17) is 0 Å². The van der Waals surface area contributed by atoms with Gasteiger partial charge in [-0.15, -0.1) is 0 Å². The molecule has 2 aliphatic carbocycles. The van der Waals surface area contributed by atoms with Gasteiger partial charge >= 0.3 is 0 Å². The number of aryl methyl sites for hydroxylation is 1. The van der Waals surface area contributed by atoms with E-state index in [1.807, 2.05) is 11.7 Å². The molecule has 3 aliphatic rings. The highest BCUT2D eigenvalue weighted by atomic mass is 15.2. The minimum atomic E-state index is 0.736. The van der Waals surface area contributed by atoms with Crippen LogP contribution in [0.25, 0.3) is 0 Å². The number of fused-ring (bicyclic) bond motifs is 2. The molecule has 3 nitrogen and oxygen atoms in total. The molecule has 3 unspecified atom stereocenters. The van der Waals surface area contributed by atoms with Gasteiger partial charge in [0.2, 0.25) is 0 Å². The van der Waals surface area contributed by atoms with E-state index >= 15 is 0 Å². The predicted molar refractivity (Wildman–Crippen MR) is 80.5 cm³/mol. The molecule has 1 aromatic heterocycles. The van der Waals surface area contributed by atoms with Crippen LogP contribution in [-0.2, 0) is 7.05 Å². The molecule has 0 spiro atoms. The van der Waals surface area contributed by atoms with Crippen LogP contribution < -0.4 is 0 Å². The van der Waals surface area contributed by atoms with Gasteiger partial charge in [0.05, 0.1) is 6.20 Å². The van der Waals surface area contributed by atoms with E-state index in [-0.39, 0.29) is 0 Å². The van der Waals surface area contributed by atoms with Gasteiger partial charge in [0.15, 0.2) is 0 Å². The third-order valence-corrected chi connectivity index (χ3v) is 5.69. The highest BCUT2D eigenvalue weighted by molar-refractivity contribution is 5.13. The van der Waals surface area contributed by atoms with Gasteiger partial charge in [-0.25, -0.2) is 0 Å². The Kier molecular flexibility index (Phi) is 3.18. The Hall–Kier alpha value is -1.09. The lowest BCUT2D eigenvalue weighted by atomic mass is 9.89. The molecule has 3 atom stereocenters. The highest BCUT2D eigenvalue weighted by Crippen LogP contribution is 2.44. The Morgan fingerprint density at radius 3 is 2.65 bits per heavy atom. The second-order valence-electron chi connectivity index (χ2n) is 7.06. The third kappa shape index (κ3) is 2.32. The molecule has 2 fully saturated rings. The van der Waals surface area contributed by atoms with Gasteiger partial charge in [0, 0.05) is 19.8 Å². The molecule has 1 aromatic rings. The van der Waals surface area contributed by atoms with Gasteiger partial charge < -0.3 is 4.90 Å². The summed E-state index contributed by atoms with van der Waals surface area (Å²) in [5.41, 5.74) is 1.44. The standard InChI is InChI=1S/C17H25N3/c1-19-11-17(10-18-19)14-4-6-20(7-5-14)12-16-9-13-2-3-15(16)8-13/h2-3,10-11,13-16H,4-9,12H2,1H3. The largest absolute Gasteiger partial charge is 0.303 e. The molecule has 108 valence electrons. The summed E-state index contributed by atoms with van der Waals surface area (Å²) in [7, 11) is 2.02. The van der Waals surface area contributed by atoms with E-state index in [0.717, 1.165) is 23.7 Å². The molecule has 1 saturated heterocycles. The van der Waals surface area contributed by atoms with Crippen molar-refractivity contribution in [2.24, 2.45) is 24.8 Å². The van der Waals surface area contributed by atoms with Crippen molar-refractivity contribution in [1.82, 2.24) is 14.7 Å². The van der Waals surface area contributed by atoms with E-state index in [2.05, 4.69) is 34.5 Å².